The minimum Gasteiger partial charge on any atom is -0.0911 e. The van der Waals surface area contributed by atoms with Crippen LogP contribution < -0.4 is 0 Å². The maximum atomic E-state index is 4.27. The Morgan fingerprint density at radius 3 is 2.65 bits per heavy atom. The third-order valence-electron chi connectivity index (χ3n) is 4.74. The van der Waals surface area contributed by atoms with Gasteiger partial charge in [-0.15, -0.1) is 0 Å². The van der Waals surface area contributed by atoms with E-state index in [1.807, 2.05) is 0 Å². The molecule has 0 heterocycles. The van der Waals surface area contributed by atoms with Crippen LogP contribution >= 0.6 is 22.6 Å². The average molecular weight is 414 g/mol. The van der Waals surface area contributed by atoms with Crippen LogP contribution in [0.5, 0.6) is 0 Å². The van der Waals surface area contributed by atoms with Crippen molar-refractivity contribution in [2.45, 2.75) is 38.5 Å². The van der Waals surface area contributed by atoms with Gasteiger partial charge in [-0.2, -0.15) is 0 Å². The molecular weight excluding hydrogens is 391 g/mol. The fourth-order valence-electron chi connectivity index (χ4n) is 3.25. The van der Waals surface area contributed by atoms with Crippen LogP contribution in [0.2, 0.25) is 0 Å². The summed E-state index contributed by atoms with van der Waals surface area (Å²) >= 11 is 2.43. The van der Waals surface area contributed by atoms with Crippen molar-refractivity contribution in [3.05, 3.63) is 81.5 Å². The first-order chi connectivity index (χ1) is 11.0. The summed E-state index contributed by atoms with van der Waals surface area (Å²) in [5, 5.41) is 0. The zero-order valence-electron chi connectivity index (χ0n) is 13.9. The maximum absolute atomic E-state index is 4.27. The third kappa shape index (κ3) is 3.60. The van der Waals surface area contributed by atoms with E-state index in [1.54, 1.807) is 0 Å². The van der Waals surface area contributed by atoms with Gasteiger partial charge in [-0.1, -0.05) is 75.1 Å². The van der Waals surface area contributed by atoms with Gasteiger partial charge in [-0.25, -0.2) is 0 Å². The van der Waals surface area contributed by atoms with Gasteiger partial charge in [0, 0.05) is 0 Å². The van der Waals surface area contributed by atoms with E-state index < -0.39 is 0 Å². The van der Waals surface area contributed by atoms with Gasteiger partial charge in [0.05, 0.1) is 0 Å². The van der Waals surface area contributed by atoms with Crippen molar-refractivity contribution >= 4 is 33.7 Å². The Labute approximate surface area is 153 Å². The highest BCUT2D eigenvalue weighted by atomic mass is 127. The fraction of sp³-hybridized carbons (Fsp3) is 0.273. The molecule has 0 fully saturated rings. The Morgan fingerprint density at radius 1 is 1.09 bits per heavy atom. The Morgan fingerprint density at radius 2 is 1.91 bits per heavy atom. The number of halogens is 1. The summed E-state index contributed by atoms with van der Waals surface area (Å²) in [6.45, 7) is 8.93. The minimum atomic E-state index is 0.107. The molecule has 0 saturated carbocycles. The second-order valence-corrected chi connectivity index (χ2v) is 8.35. The molecule has 0 N–H and O–H groups in total. The number of fused-ring (bicyclic) bond motifs is 1. The highest BCUT2D eigenvalue weighted by Crippen LogP contribution is 2.38. The summed E-state index contributed by atoms with van der Waals surface area (Å²) in [6.07, 6.45) is 16.5. The smallest absolute Gasteiger partial charge is 0.00626 e. The lowest BCUT2D eigenvalue weighted by Crippen LogP contribution is -2.18. The molecule has 0 radical (unpaired) electrons. The summed E-state index contributed by atoms with van der Waals surface area (Å²) in [5.41, 5.74) is 6.69. The first kappa shape index (κ1) is 16.5. The summed E-state index contributed by atoms with van der Waals surface area (Å²) in [6, 6.07) is 6.91. The van der Waals surface area contributed by atoms with E-state index in [0.29, 0.717) is 0 Å². The zero-order chi connectivity index (χ0) is 16.4. The molecule has 3 rings (SSSR count). The summed E-state index contributed by atoms with van der Waals surface area (Å²) in [5.74, 6) is 0. The molecule has 0 amide bonds. The quantitative estimate of drug-likeness (QED) is 0.435. The molecule has 0 aromatic heterocycles. The van der Waals surface area contributed by atoms with Crippen LogP contribution in [0, 0.1) is 0 Å². The highest BCUT2D eigenvalue weighted by molar-refractivity contribution is 14.1. The molecule has 1 aromatic carbocycles. The molecule has 1 heteroatoms. The SMILES string of the molecule is C=C1/C=C\C=C/CC(C)(C)c2cc(C3=CC=C(I)CC3)ccc21. The van der Waals surface area contributed by atoms with Crippen molar-refractivity contribution in [3.8, 4) is 0 Å². The van der Waals surface area contributed by atoms with Crippen LogP contribution in [-0.2, 0) is 5.41 Å². The summed E-state index contributed by atoms with van der Waals surface area (Å²) in [7, 11) is 0. The number of rotatable bonds is 1. The number of benzene rings is 1. The Kier molecular flexibility index (Phi) is 4.77. The van der Waals surface area contributed by atoms with Crippen molar-refractivity contribution in [1.82, 2.24) is 0 Å². The second-order valence-electron chi connectivity index (χ2n) is 6.97. The number of hydrogen-bond acceptors (Lipinski definition) is 0. The molecule has 0 spiro atoms. The highest BCUT2D eigenvalue weighted by Gasteiger charge is 2.24. The molecule has 23 heavy (non-hydrogen) atoms. The van der Waals surface area contributed by atoms with Gasteiger partial charge in [0.2, 0.25) is 0 Å². The molecule has 2 aliphatic rings. The molecule has 2 aliphatic carbocycles. The van der Waals surface area contributed by atoms with E-state index in [0.717, 1.165) is 24.8 Å². The van der Waals surface area contributed by atoms with Gasteiger partial charge >= 0.3 is 0 Å². The number of hydrogen-bond donors (Lipinski definition) is 0. The Balaban J connectivity index is 2.11. The van der Waals surface area contributed by atoms with Crippen molar-refractivity contribution in [2.24, 2.45) is 0 Å². The predicted molar refractivity (Wildman–Crippen MR) is 111 cm³/mol. The first-order valence-corrected chi connectivity index (χ1v) is 9.28. The molecule has 0 nitrogen and oxygen atoms in total. The third-order valence-corrected chi connectivity index (χ3v) is 5.64. The number of allylic oxidation sites excluding steroid dienone is 9. The van der Waals surface area contributed by atoms with Gasteiger partial charge < -0.3 is 0 Å². The van der Waals surface area contributed by atoms with E-state index in [-0.39, 0.29) is 5.41 Å². The molecule has 0 unspecified atom stereocenters. The first-order valence-electron chi connectivity index (χ1n) is 8.20. The van der Waals surface area contributed by atoms with Crippen LogP contribution in [-0.4, -0.2) is 0 Å². The van der Waals surface area contributed by atoms with Crippen LogP contribution in [0.25, 0.3) is 11.1 Å². The van der Waals surface area contributed by atoms with Crippen molar-refractivity contribution in [1.29, 1.82) is 0 Å². The lowest BCUT2D eigenvalue weighted by Gasteiger charge is -2.28. The fourth-order valence-corrected chi connectivity index (χ4v) is 3.70. The van der Waals surface area contributed by atoms with Crippen LogP contribution in [0.4, 0.5) is 0 Å². The van der Waals surface area contributed by atoms with Crippen LogP contribution in [0.15, 0.2) is 64.8 Å². The Hall–Kier alpha value is -1.35. The molecule has 118 valence electrons. The van der Waals surface area contributed by atoms with Crippen LogP contribution in [0.1, 0.15) is 49.8 Å². The van der Waals surface area contributed by atoms with Crippen molar-refractivity contribution in [3.63, 3.8) is 0 Å². The largest absolute Gasteiger partial charge is 0.0911 e. The van der Waals surface area contributed by atoms with Crippen LogP contribution in [0.3, 0.4) is 0 Å². The van der Waals surface area contributed by atoms with Gasteiger partial charge in [0.1, 0.15) is 0 Å². The van der Waals surface area contributed by atoms with Gasteiger partial charge in [0.25, 0.3) is 0 Å². The van der Waals surface area contributed by atoms with Gasteiger partial charge in [0.15, 0.2) is 0 Å². The molecule has 0 aliphatic heterocycles. The van der Waals surface area contributed by atoms with E-state index in [2.05, 4.69) is 97.7 Å². The van der Waals surface area contributed by atoms with E-state index in [9.17, 15) is 0 Å². The lowest BCUT2D eigenvalue weighted by atomic mass is 9.76. The average Bonchev–Trinajstić information content (AvgIpc) is 2.58. The van der Waals surface area contributed by atoms with Crippen molar-refractivity contribution in [2.75, 3.05) is 0 Å². The van der Waals surface area contributed by atoms with E-state index in [4.69, 9.17) is 0 Å². The summed E-state index contributed by atoms with van der Waals surface area (Å²) in [4.78, 5) is 0. The molecule has 0 saturated heterocycles. The van der Waals surface area contributed by atoms with Gasteiger partial charge in [-0.3, -0.25) is 0 Å². The molecule has 0 bridgehead atoms. The molecule has 1 aromatic rings. The van der Waals surface area contributed by atoms with Gasteiger partial charge in [-0.05, 0) is 78.7 Å². The molecule has 0 atom stereocenters. The normalized spacial score (nSPS) is 22.8. The topological polar surface area (TPSA) is 0 Å². The maximum Gasteiger partial charge on any atom is -0.00626 e. The lowest BCUT2D eigenvalue weighted by molar-refractivity contribution is 0.533. The van der Waals surface area contributed by atoms with E-state index in [1.165, 1.54) is 25.8 Å². The summed E-state index contributed by atoms with van der Waals surface area (Å²) < 4.78 is 1.44. The minimum absolute atomic E-state index is 0.107. The predicted octanol–water partition coefficient (Wildman–Crippen LogP) is 6.99. The second kappa shape index (κ2) is 6.64. The standard InChI is InChI=1S/C22H23I/c1-16-7-5-4-6-14-22(2,3)21-15-18(10-13-20(16)21)17-8-11-19(23)12-9-17/h4-8,10-11,13,15H,1,9,12,14H2,2-3H3/b6-4-,7-5-. The Bertz CT molecular complexity index is 754. The zero-order valence-corrected chi connectivity index (χ0v) is 16.1. The monoisotopic (exact) mass is 414 g/mol. The molecular formula is C22H23I. The van der Waals surface area contributed by atoms with E-state index >= 15 is 0 Å². The van der Waals surface area contributed by atoms with Crippen molar-refractivity contribution < 1.29 is 0 Å².